The number of hydrogen-bond acceptors (Lipinski definition) is 3. The van der Waals surface area contributed by atoms with Crippen molar-refractivity contribution in [2.45, 2.75) is 0 Å². The van der Waals surface area contributed by atoms with Crippen molar-refractivity contribution in [2.24, 2.45) is 0 Å². The molecule has 0 fully saturated rings. The van der Waals surface area contributed by atoms with E-state index in [-0.39, 0.29) is 11.4 Å². The minimum atomic E-state index is -0.631. The van der Waals surface area contributed by atoms with E-state index in [0.29, 0.717) is 0 Å². The van der Waals surface area contributed by atoms with E-state index in [1.54, 1.807) is 0 Å². The van der Waals surface area contributed by atoms with Gasteiger partial charge in [0.05, 0.1) is 4.92 Å². The van der Waals surface area contributed by atoms with Crippen LogP contribution in [0, 0.1) is 15.9 Å². The Hall–Kier alpha value is -1.17. The van der Waals surface area contributed by atoms with Crippen molar-refractivity contribution in [3.63, 3.8) is 0 Å². The molecule has 1 rings (SSSR count). The lowest BCUT2D eigenvalue weighted by molar-refractivity contribution is -0.384. The fourth-order valence-electron chi connectivity index (χ4n) is 0.956. The molecule has 0 aliphatic heterocycles. The summed E-state index contributed by atoms with van der Waals surface area (Å²) in [4.78, 5) is 9.84. The number of benzene rings is 1. The molecule has 13 heavy (non-hydrogen) atoms. The zero-order valence-corrected chi connectivity index (χ0v) is 8.28. The van der Waals surface area contributed by atoms with Gasteiger partial charge in [-0.1, -0.05) is 6.07 Å². The van der Waals surface area contributed by atoms with Crippen LogP contribution in [0.15, 0.2) is 18.2 Å². The molecule has 1 aromatic carbocycles. The lowest BCUT2D eigenvalue weighted by Crippen LogP contribution is -2.06. The van der Waals surface area contributed by atoms with E-state index in [4.69, 9.17) is 0 Å². The molecule has 0 saturated heterocycles. The Balaban J connectivity index is 3.34. The third-order valence-corrected chi connectivity index (χ3v) is 1.82. The van der Waals surface area contributed by atoms with E-state index < -0.39 is 10.7 Å². The predicted octanol–water partition coefficient (Wildman–Crippen LogP) is 2.48. The molecule has 1 aromatic rings. The van der Waals surface area contributed by atoms with Gasteiger partial charge in [0.15, 0.2) is 11.5 Å². The summed E-state index contributed by atoms with van der Waals surface area (Å²) in [6.45, 7) is 0. The van der Waals surface area contributed by atoms with Crippen molar-refractivity contribution < 1.29 is 9.31 Å². The van der Waals surface area contributed by atoms with E-state index in [1.165, 1.54) is 29.2 Å². The topological polar surface area (TPSA) is 46.4 Å². The quantitative estimate of drug-likeness (QED) is 0.459. The highest BCUT2D eigenvalue weighted by atomic mass is 79.9. The number of hydrogen-bond donors (Lipinski definition) is 0. The number of rotatable bonds is 2. The number of nitrogens with zero attached hydrogens (tertiary/aromatic N) is 2. The Labute approximate surface area is 82.5 Å². The maximum atomic E-state index is 13.1. The molecule has 0 aliphatic carbocycles. The van der Waals surface area contributed by atoms with Crippen molar-refractivity contribution in [3.05, 3.63) is 34.1 Å². The standard InChI is InChI=1S/C7H6BrFN2O2/c1-10(8)7-5(9)3-2-4-6(7)11(12)13/h2-4H,1H3. The molecule has 0 bridgehead atoms. The van der Waals surface area contributed by atoms with Crippen molar-refractivity contribution in [3.8, 4) is 0 Å². The van der Waals surface area contributed by atoms with Crippen molar-refractivity contribution in [2.75, 3.05) is 11.0 Å². The van der Waals surface area contributed by atoms with Crippen LogP contribution in [0.2, 0.25) is 0 Å². The number of nitro groups is 1. The summed E-state index contributed by atoms with van der Waals surface area (Å²) in [7, 11) is 1.48. The largest absolute Gasteiger partial charge is 0.303 e. The van der Waals surface area contributed by atoms with Crippen LogP contribution >= 0.6 is 16.1 Å². The van der Waals surface area contributed by atoms with Crippen molar-refractivity contribution >= 4 is 27.5 Å². The predicted molar refractivity (Wildman–Crippen MR) is 50.4 cm³/mol. The van der Waals surface area contributed by atoms with Gasteiger partial charge in [-0.15, -0.1) is 0 Å². The Kier molecular flexibility index (Phi) is 2.82. The first-order valence-electron chi connectivity index (χ1n) is 3.36. The van der Waals surface area contributed by atoms with E-state index in [1.807, 2.05) is 0 Å². The fraction of sp³-hybridized carbons (Fsp3) is 0.143. The molecule has 0 heterocycles. The van der Waals surface area contributed by atoms with Crippen LogP contribution in [-0.2, 0) is 0 Å². The Morgan fingerprint density at radius 2 is 2.23 bits per heavy atom. The first kappa shape index (κ1) is 9.91. The maximum absolute atomic E-state index is 13.1. The minimum Gasteiger partial charge on any atom is -0.303 e. The maximum Gasteiger partial charge on any atom is 0.296 e. The molecule has 0 radical (unpaired) electrons. The van der Waals surface area contributed by atoms with Gasteiger partial charge in [-0.3, -0.25) is 10.1 Å². The van der Waals surface area contributed by atoms with Crippen molar-refractivity contribution in [1.82, 2.24) is 0 Å². The molecule has 0 aromatic heterocycles. The molecule has 0 aliphatic rings. The Morgan fingerprint density at radius 1 is 1.62 bits per heavy atom. The molecule has 4 nitrogen and oxygen atoms in total. The van der Waals surface area contributed by atoms with Crippen LogP contribution in [0.25, 0.3) is 0 Å². The Morgan fingerprint density at radius 3 is 2.62 bits per heavy atom. The van der Waals surface area contributed by atoms with Gasteiger partial charge < -0.3 is 3.93 Å². The summed E-state index contributed by atoms with van der Waals surface area (Å²) in [6.07, 6.45) is 0. The second-order valence-corrected chi connectivity index (χ2v) is 3.41. The first-order valence-corrected chi connectivity index (χ1v) is 4.07. The average molecular weight is 249 g/mol. The highest BCUT2D eigenvalue weighted by Gasteiger charge is 2.19. The van der Waals surface area contributed by atoms with Gasteiger partial charge in [0.2, 0.25) is 0 Å². The van der Waals surface area contributed by atoms with Gasteiger partial charge in [-0.2, -0.15) is 0 Å². The third-order valence-electron chi connectivity index (χ3n) is 1.47. The van der Waals surface area contributed by atoms with Crippen LogP contribution in [0.5, 0.6) is 0 Å². The molecule has 0 atom stereocenters. The van der Waals surface area contributed by atoms with Gasteiger partial charge in [0.1, 0.15) is 0 Å². The van der Waals surface area contributed by atoms with Crippen LogP contribution in [0.1, 0.15) is 0 Å². The number of nitro benzene ring substituents is 1. The first-order chi connectivity index (χ1) is 6.04. The molecular formula is C7H6BrFN2O2. The minimum absolute atomic E-state index is 0.0764. The SMILES string of the molecule is CN(Br)c1c(F)cccc1[N+](=O)[O-]. The van der Waals surface area contributed by atoms with E-state index in [9.17, 15) is 14.5 Å². The second kappa shape index (κ2) is 3.69. The van der Waals surface area contributed by atoms with Crippen LogP contribution < -0.4 is 3.93 Å². The average Bonchev–Trinajstić information content (AvgIpc) is 2.02. The van der Waals surface area contributed by atoms with Crippen molar-refractivity contribution in [1.29, 1.82) is 0 Å². The highest BCUT2D eigenvalue weighted by Crippen LogP contribution is 2.31. The van der Waals surface area contributed by atoms with Gasteiger partial charge in [0, 0.05) is 29.3 Å². The van der Waals surface area contributed by atoms with Crippen LogP contribution in [-0.4, -0.2) is 12.0 Å². The van der Waals surface area contributed by atoms with E-state index in [0.717, 1.165) is 0 Å². The summed E-state index contributed by atoms with van der Waals surface area (Å²) in [5, 5.41) is 10.5. The van der Waals surface area contributed by atoms with Gasteiger partial charge in [-0.25, -0.2) is 4.39 Å². The summed E-state index contributed by atoms with van der Waals surface area (Å²) in [6, 6.07) is 3.71. The molecule has 0 unspecified atom stereocenters. The highest BCUT2D eigenvalue weighted by molar-refractivity contribution is 9.10. The van der Waals surface area contributed by atoms with E-state index in [2.05, 4.69) is 16.1 Å². The van der Waals surface area contributed by atoms with Gasteiger partial charge >= 0.3 is 0 Å². The molecular weight excluding hydrogens is 243 g/mol. The third kappa shape index (κ3) is 1.95. The smallest absolute Gasteiger partial charge is 0.296 e. The second-order valence-electron chi connectivity index (χ2n) is 2.34. The molecule has 0 spiro atoms. The summed E-state index contributed by atoms with van der Waals surface area (Å²) in [5.41, 5.74) is -0.341. The fourth-order valence-corrected chi connectivity index (χ4v) is 1.31. The number of anilines is 1. The molecule has 70 valence electrons. The van der Waals surface area contributed by atoms with Gasteiger partial charge in [-0.05, 0) is 6.07 Å². The Bertz CT molecular complexity index is 343. The van der Waals surface area contributed by atoms with Crippen LogP contribution in [0.4, 0.5) is 15.8 Å². The molecule has 6 heteroatoms. The molecule has 0 N–H and O–H groups in total. The molecule has 0 saturated carbocycles. The van der Waals surface area contributed by atoms with Gasteiger partial charge in [0.25, 0.3) is 5.69 Å². The normalized spacial score (nSPS) is 9.77. The zero-order chi connectivity index (χ0) is 10.0. The van der Waals surface area contributed by atoms with E-state index >= 15 is 0 Å². The summed E-state index contributed by atoms with van der Waals surface area (Å²) < 4.78 is 14.3. The zero-order valence-electron chi connectivity index (χ0n) is 6.70. The van der Waals surface area contributed by atoms with Crippen LogP contribution in [0.3, 0.4) is 0 Å². The summed E-state index contributed by atoms with van der Waals surface area (Å²) >= 11 is 2.94. The number of halogens is 2. The number of para-hydroxylation sites is 1. The monoisotopic (exact) mass is 248 g/mol. The summed E-state index contributed by atoms with van der Waals surface area (Å²) in [5.74, 6) is -0.631. The molecule has 0 amide bonds. The lowest BCUT2D eigenvalue weighted by Gasteiger charge is -2.10. The lowest BCUT2D eigenvalue weighted by atomic mass is 10.2.